The van der Waals surface area contributed by atoms with Crippen LogP contribution in [0, 0.1) is 10.1 Å². The Labute approximate surface area is 133 Å². The van der Waals surface area contributed by atoms with Gasteiger partial charge < -0.3 is 9.64 Å². The number of hydrogen-bond acceptors (Lipinski definition) is 5. The minimum Gasteiger partial charge on any atom is -0.465 e. The number of benzene rings is 1. The molecule has 0 atom stereocenters. The molecule has 0 radical (unpaired) electrons. The number of nitro groups is 1. The van der Waals surface area contributed by atoms with E-state index in [-0.39, 0.29) is 22.7 Å². The molecule has 0 fully saturated rings. The van der Waals surface area contributed by atoms with Crippen molar-refractivity contribution in [2.45, 2.75) is 13.8 Å². The molecular formula is C16H16N2O5. The van der Waals surface area contributed by atoms with Crippen LogP contribution in [-0.4, -0.2) is 35.4 Å². The number of allylic oxidation sites excluding steroid dienone is 1. The zero-order chi connectivity index (χ0) is 17.1. The fourth-order valence-electron chi connectivity index (χ4n) is 2.50. The Morgan fingerprint density at radius 2 is 2.13 bits per heavy atom. The maximum atomic E-state index is 12.5. The number of likely N-dealkylation sites (N-methyl/N-ethyl adjacent to an activating group) is 1. The number of nitro benzene ring substituents is 1. The first-order chi connectivity index (χ1) is 10.9. The van der Waals surface area contributed by atoms with Gasteiger partial charge in [-0.05, 0) is 25.5 Å². The monoisotopic (exact) mass is 316 g/mol. The van der Waals surface area contributed by atoms with Crippen molar-refractivity contribution in [1.82, 2.24) is 4.90 Å². The van der Waals surface area contributed by atoms with Gasteiger partial charge in [0.05, 0.1) is 23.2 Å². The molecule has 0 spiro atoms. The standard InChI is InChI=1S/C16H16N2O5/c1-4-17-10(2)14(16(20)23-3)13(15(17)19)9-11-6-5-7-12(8-11)18(21)22/h5-9H,4H2,1-3H3/b13-9-. The second kappa shape index (κ2) is 6.43. The second-order valence-electron chi connectivity index (χ2n) is 4.91. The fourth-order valence-corrected chi connectivity index (χ4v) is 2.50. The molecule has 1 aliphatic rings. The summed E-state index contributed by atoms with van der Waals surface area (Å²) in [5.41, 5.74) is 1.26. The van der Waals surface area contributed by atoms with Crippen molar-refractivity contribution in [2.75, 3.05) is 13.7 Å². The van der Waals surface area contributed by atoms with E-state index in [1.807, 2.05) is 0 Å². The van der Waals surface area contributed by atoms with E-state index in [4.69, 9.17) is 4.74 Å². The lowest BCUT2D eigenvalue weighted by Gasteiger charge is -2.14. The molecule has 0 saturated carbocycles. The van der Waals surface area contributed by atoms with E-state index < -0.39 is 10.9 Å². The molecule has 1 amide bonds. The van der Waals surface area contributed by atoms with Crippen molar-refractivity contribution in [3.05, 3.63) is 56.8 Å². The maximum absolute atomic E-state index is 12.5. The summed E-state index contributed by atoms with van der Waals surface area (Å²) in [5.74, 6) is -0.930. The van der Waals surface area contributed by atoms with Crippen molar-refractivity contribution >= 4 is 23.6 Å². The van der Waals surface area contributed by atoms with E-state index >= 15 is 0 Å². The third-order valence-electron chi connectivity index (χ3n) is 3.61. The van der Waals surface area contributed by atoms with Crippen LogP contribution in [-0.2, 0) is 14.3 Å². The summed E-state index contributed by atoms with van der Waals surface area (Å²) in [6.45, 7) is 3.88. The van der Waals surface area contributed by atoms with Gasteiger partial charge in [0.2, 0.25) is 0 Å². The summed E-state index contributed by atoms with van der Waals surface area (Å²) in [5, 5.41) is 10.9. The van der Waals surface area contributed by atoms with Gasteiger partial charge in [-0.25, -0.2) is 4.79 Å². The molecule has 0 N–H and O–H groups in total. The van der Waals surface area contributed by atoms with E-state index in [1.165, 1.54) is 36.3 Å². The Morgan fingerprint density at radius 1 is 1.43 bits per heavy atom. The van der Waals surface area contributed by atoms with Crippen LogP contribution in [0.3, 0.4) is 0 Å². The summed E-state index contributed by atoms with van der Waals surface area (Å²) in [7, 11) is 1.24. The van der Waals surface area contributed by atoms with Gasteiger partial charge in [0.1, 0.15) is 0 Å². The first kappa shape index (κ1) is 16.4. The van der Waals surface area contributed by atoms with Gasteiger partial charge in [0, 0.05) is 24.4 Å². The molecule has 0 bridgehead atoms. The first-order valence-electron chi connectivity index (χ1n) is 6.98. The summed E-state index contributed by atoms with van der Waals surface area (Å²) in [4.78, 5) is 36.3. The van der Waals surface area contributed by atoms with E-state index in [0.29, 0.717) is 17.8 Å². The normalized spacial score (nSPS) is 16.2. The number of esters is 1. The van der Waals surface area contributed by atoms with Gasteiger partial charge in [-0.1, -0.05) is 12.1 Å². The van der Waals surface area contributed by atoms with Crippen LogP contribution in [0.15, 0.2) is 41.1 Å². The quantitative estimate of drug-likeness (QED) is 0.368. The lowest BCUT2D eigenvalue weighted by molar-refractivity contribution is -0.384. The van der Waals surface area contributed by atoms with Crippen molar-refractivity contribution in [3.63, 3.8) is 0 Å². The Balaban J connectivity index is 2.55. The highest BCUT2D eigenvalue weighted by atomic mass is 16.6. The number of nitrogens with zero attached hydrogens (tertiary/aromatic N) is 2. The van der Waals surface area contributed by atoms with Crippen LogP contribution in [0.4, 0.5) is 5.69 Å². The van der Waals surface area contributed by atoms with Crippen LogP contribution in [0.2, 0.25) is 0 Å². The predicted octanol–water partition coefficient (Wildman–Crippen LogP) is 2.29. The second-order valence-corrected chi connectivity index (χ2v) is 4.91. The van der Waals surface area contributed by atoms with Gasteiger partial charge in [-0.15, -0.1) is 0 Å². The van der Waals surface area contributed by atoms with Crippen LogP contribution in [0.1, 0.15) is 19.4 Å². The van der Waals surface area contributed by atoms with E-state index in [1.54, 1.807) is 19.9 Å². The predicted molar refractivity (Wildman–Crippen MR) is 83.2 cm³/mol. The molecule has 0 saturated heterocycles. The van der Waals surface area contributed by atoms with Crippen molar-refractivity contribution in [3.8, 4) is 0 Å². The molecule has 23 heavy (non-hydrogen) atoms. The molecule has 1 aromatic rings. The van der Waals surface area contributed by atoms with Crippen LogP contribution in [0.25, 0.3) is 6.08 Å². The SMILES string of the molecule is CCN1C(=O)/C(=C\c2cccc([N+](=O)[O-])c2)C(C(=O)OC)=C1C. The molecule has 7 nitrogen and oxygen atoms in total. The Morgan fingerprint density at radius 3 is 2.70 bits per heavy atom. The van der Waals surface area contributed by atoms with Crippen LogP contribution >= 0.6 is 0 Å². The van der Waals surface area contributed by atoms with Gasteiger partial charge in [0.15, 0.2) is 0 Å². The van der Waals surface area contributed by atoms with Crippen molar-refractivity contribution < 1.29 is 19.2 Å². The molecule has 2 rings (SSSR count). The number of carbonyl (C=O) groups is 2. The number of rotatable bonds is 4. The zero-order valence-electron chi connectivity index (χ0n) is 13.0. The first-order valence-corrected chi connectivity index (χ1v) is 6.98. The summed E-state index contributed by atoms with van der Waals surface area (Å²) in [6, 6.07) is 5.86. The van der Waals surface area contributed by atoms with Crippen LogP contribution in [0.5, 0.6) is 0 Å². The molecule has 1 aromatic carbocycles. The number of ether oxygens (including phenoxy) is 1. The van der Waals surface area contributed by atoms with Crippen molar-refractivity contribution in [2.24, 2.45) is 0 Å². The highest BCUT2D eigenvalue weighted by Gasteiger charge is 2.36. The highest BCUT2D eigenvalue weighted by molar-refractivity contribution is 6.16. The molecule has 1 heterocycles. The molecule has 7 heteroatoms. The van der Waals surface area contributed by atoms with E-state index in [9.17, 15) is 19.7 Å². The Hall–Kier alpha value is -2.96. The fraction of sp³-hybridized carbons (Fsp3) is 0.250. The van der Waals surface area contributed by atoms with Gasteiger partial charge >= 0.3 is 5.97 Å². The average Bonchev–Trinajstić information content (AvgIpc) is 2.77. The highest BCUT2D eigenvalue weighted by Crippen LogP contribution is 2.31. The lowest BCUT2D eigenvalue weighted by atomic mass is 10.0. The summed E-state index contributed by atoms with van der Waals surface area (Å²) < 4.78 is 4.75. The Bertz CT molecular complexity index is 749. The molecule has 0 unspecified atom stereocenters. The van der Waals surface area contributed by atoms with Gasteiger partial charge in [-0.2, -0.15) is 0 Å². The third-order valence-corrected chi connectivity index (χ3v) is 3.61. The maximum Gasteiger partial charge on any atom is 0.340 e. The average molecular weight is 316 g/mol. The number of non-ortho nitro benzene ring substituents is 1. The zero-order valence-corrected chi connectivity index (χ0v) is 13.0. The summed E-state index contributed by atoms with van der Waals surface area (Å²) >= 11 is 0. The van der Waals surface area contributed by atoms with Gasteiger partial charge in [0.25, 0.3) is 11.6 Å². The molecule has 0 aromatic heterocycles. The van der Waals surface area contributed by atoms with Gasteiger partial charge in [-0.3, -0.25) is 14.9 Å². The topological polar surface area (TPSA) is 89.8 Å². The molecular weight excluding hydrogens is 300 g/mol. The number of hydrogen-bond donors (Lipinski definition) is 0. The number of carbonyl (C=O) groups excluding carboxylic acids is 2. The Kier molecular flexibility index (Phi) is 4.59. The van der Waals surface area contributed by atoms with Crippen molar-refractivity contribution in [1.29, 1.82) is 0 Å². The number of amides is 1. The smallest absolute Gasteiger partial charge is 0.340 e. The number of methoxy groups -OCH3 is 1. The molecule has 120 valence electrons. The largest absolute Gasteiger partial charge is 0.465 e. The van der Waals surface area contributed by atoms with Crippen LogP contribution < -0.4 is 0 Å². The molecule has 0 aliphatic carbocycles. The summed E-state index contributed by atoms with van der Waals surface area (Å²) in [6.07, 6.45) is 1.47. The molecule has 1 aliphatic heterocycles. The third kappa shape index (κ3) is 2.98. The lowest BCUT2D eigenvalue weighted by Crippen LogP contribution is -2.24. The van der Waals surface area contributed by atoms with E-state index in [0.717, 1.165) is 0 Å². The van der Waals surface area contributed by atoms with E-state index in [2.05, 4.69) is 0 Å². The minimum atomic E-state index is -0.608. The minimum absolute atomic E-state index is 0.0857.